The summed E-state index contributed by atoms with van der Waals surface area (Å²) >= 11 is 5.99. The van der Waals surface area contributed by atoms with Gasteiger partial charge in [-0.2, -0.15) is 0 Å². The molecule has 0 amide bonds. The van der Waals surface area contributed by atoms with Crippen molar-refractivity contribution in [1.82, 2.24) is 0 Å². The van der Waals surface area contributed by atoms with E-state index in [0.717, 1.165) is 17.9 Å². The minimum atomic E-state index is 0.240. The summed E-state index contributed by atoms with van der Waals surface area (Å²) in [5, 5.41) is 0.823. The smallest absolute Gasteiger partial charge is 0.0408 e. The number of benzene rings is 1. The number of hydrogen-bond donors (Lipinski definition) is 1. The molecular weight excluding hydrogens is 194 g/mol. The first-order valence-electron chi connectivity index (χ1n) is 5.12. The zero-order valence-electron chi connectivity index (χ0n) is 8.46. The molecule has 2 N–H and O–H groups in total. The van der Waals surface area contributed by atoms with E-state index in [0.29, 0.717) is 6.04 Å². The third-order valence-corrected chi connectivity index (χ3v) is 3.54. The molecule has 2 unspecified atom stereocenters. The van der Waals surface area contributed by atoms with Gasteiger partial charge in [-0.15, -0.1) is 0 Å². The Labute approximate surface area is 90.3 Å². The van der Waals surface area contributed by atoms with Gasteiger partial charge in [0.1, 0.15) is 0 Å². The lowest BCUT2D eigenvalue weighted by molar-refractivity contribution is 0.482. The van der Waals surface area contributed by atoms with Crippen LogP contribution in [0.5, 0.6) is 0 Å². The molecule has 0 spiro atoms. The normalized spacial score (nSPS) is 32.1. The van der Waals surface area contributed by atoms with Crippen molar-refractivity contribution in [2.45, 2.75) is 37.6 Å². The van der Waals surface area contributed by atoms with Gasteiger partial charge in [-0.05, 0) is 42.4 Å². The lowest BCUT2D eigenvalue weighted by Crippen LogP contribution is -2.22. The third-order valence-electron chi connectivity index (χ3n) is 3.30. The van der Waals surface area contributed by atoms with Crippen LogP contribution in [0.15, 0.2) is 24.3 Å². The van der Waals surface area contributed by atoms with Crippen molar-refractivity contribution in [3.63, 3.8) is 0 Å². The molecule has 2 heteroatoms. The summed E-state index contributed by atoms with van der Waals surface area (Å²) in [6.07, 6.45) is 3.38. The molecule has 1 aromatic rings. The van der Waals surface area contributed by atoms with Crippen LogP contribution in [0, 0.1) is 0 Å². The van der Waals surface area contributed by atoms with Crippen LogP contribution in [0.4, 0.5) is 0 Å². The van der Waals surface area contributed by atoms with Crippen molar-refractivity contribution in [2.24, 2.45) is 5.73 Å². The minimum absolute atomic E-state index is 0.240. The maximum atomic E-state index is 5.99. The first kappa shape index (κ1) is 10.0. The highest BCUT2D eigenvalue weighted by atomic mass is 35.5. The average molecular weight is 210 g/mol. The van der Waals surface area contributed by atoms with Gasteiger partial charge < -0.3 is 5.73 Å². The summed E-state index contributed by atoms with van der Waals surface area (Å²) in [6.45, 7) is 2.28. The monoisotopic (exact) mass is 209 g/mol. The Morgan fingerprint density at radius 3 is 2.86 bits per heavy atom. The second kappa shape index (κ2) is 3.56. The summed E-state index contributed by atoms with van der Waals surface area (Å²) in [7, 11) is 0. The van der Waals surface area contributed by atoms with Crippen molar-refractivity contribution >= 4 is 11.6 Å². The fourth-order valence-electron chi connectivity index (χ4n) is 2.41. The molecule has 2 atom stereocenters. The quantitative estimate of drug-likeness (QED) is 0.756. The standard InChI is InChI=1S/C12H16ClN/c1-12(6-5-11(14)8-12)9-3-2-4-10(13)7-9/h2-4,7,11H,5-6,8,14H2,1H3. The van der Waals surface area contributed by atoms with Gasteiger partial charge in [0.2, 0.25) is 0 Å². The predicted molar refractivity (Wildman–Crippen MR) is 60.6 cm³/mol. The Morgan fingerprint density at radius 2 is 2.29 bits per heavy atom. The van der Waals surface area contributed by atoms with Crippen molar-refractivity contribution < 1.29 is 0 Å². The van der Waals surface area contributed by atoms with Crippen molar-refractivity contribution in [3.05, 3.63) is 34.9 Å². The van der Waals surface area contributed by atoms with Crippen LogP contribution in [0.25, 0.3) is 0 Å². The van der Waals surface area contributed by atoms with Crippen LogP contribution in [0.3, 0.4) is 0 Å². The maximum absolute atomic E-state index is 5.99. The van der Waals surface area contributed by atoms with Crippen LogP contribution >= 0.6 is 11.6 Å². The highest BCUT2D eigenvalue weighted by molar-refractivity contribution is 6.30. The topological polar surface area (TPSA) is 26.0 Å². The van der Waals surface area contributed by atoms with Crippen LogP contribution in [0.1, 0.15) is 31.7 Å². The average Bonchev–Trinajstić information content (AvgIpc) is 2.48. The lowest BCUT2D eigenvalue weighted by Gasteiger charge is -2.24. The molecule has 0 aromatic heterocycles. The predicted octanol–water partition coefficient (Wildman–Crippen LogP) is 3.11. The fourth-order valence-corrected chi connectivity index (χ4v) is 2.60. The van der Waals surface area contributed by atoms with Gasteiger partial charge in [0.05, 0.1) is 0 Å². The third kappa shape index (κ3) is 1.79. The van der Waals surface area contributed by atoms with Gasteiger partial charge in [0, 0.05) is 11.1 Å². The molecule has 1 aromatic carbocycles. The Bertz CT molecular complexity index is 337. The molecule has 0 radical (unpaired) electrons. The van der Waals surface area contributed by atoms with E-state index in [2.05, 4.69) is 19.1 Å². The molecular formula is C12H16ClN. The van der Waals surface area contributed by atoms with Gasteiger partial charge in [0.15, 0.2) is 0 Å². The van der Waals surface area contributed by atoms with Gasteiger partial charge >= 0.3 is 0 Å². The van der Waals surface area contributed by atoms with Crippen molar-refractivity contribution in [3.8, 4) is 0 Å². The molecule has 76 valence electrons. The first-order valence-corrected chi connectivity index (χ1v) is 5.50. The number of halogens is 1. The van der Waals surface area contributed by atoms with E-state index in [1.54, 1.807) is 0 Å². The zero-order valence-corrected chi connectivity index (χ0v) is 9.22. The number of rotatable bonds is 1. The molecule has 1 nitrogen and oxygen atoms in total. The SMILES string of the molecule is CC1(c2cccc(Cl)c2)CCC(N)C1. The summed E-state index contributed by atoms with van der Waals surface area (Å²) < 4.78 is 0. The van der Waals surface area contributed by atoms with E-state index >= 15 is 0 Å². The van der Waals surface area contributed by atoms with E-state index < -0.39 is 0 Å². The molecule has 2 rings (SSSR count). The Hall–Kier alpha value is -0.530. The first-order chi connectivity index (χ1) is 6.60. The Balaban J connectivity index is 2.30. The molecule has 1 aliphatic carbocycles. The largest absolute Gasteiger partial charge is 0.328 e. The molecule has 0 aliphatic heterocycles. The number of hydrogen-bond acceptors (Lipinski definition) is 1. The second-order valence-electron chi connectivity index (χ2n) is 4.57. The molecule has 1 fully saturated rings. The summed E-state index contributed by atoms with van der Waals surface area (Å²) in [5.74, 6) is 0. The van der Waals surface area contributed by atoms with Crippen molar-refractivity contribution in [1.29, 1.82) is 0 Å². The molecule has 0 saturated heterocycles. The lowest BCUT2D eigenvalue weighted by atomic mass is 9.81. The van der Waals surface area contributed by atoms with E-state index in [4.69, 9.17) is 17.3 Å². The summed E-state index contributed by atoms with van der Waals surface area (Å²) in [4.78, 5) is 0. The van der Waals surface area contributed by atoms with E-state index in [9.17, 15) is 0 Å². The van der Waals surface area contributed by atoms with E-state index in [1.165, 1.54) is 12.0 Å². The maximum Gasteiger partial charge on any atom is 0.0408 e. The Morgan fingerprint density at radius 1 is 1.50 bits per heavy atom. The van der Waals surface area contributed by atoms with Gasteiger partial charge in [-0.25, -0.2) is 0 Å². The van der Waals surface area contributed by atoms with Crippen molar-refractivity contribution in [2.75, 3.05) is 0 Å². The van der Waals surface area contributed by atoms with Crippen LogP contribution in [0.2, 0.25) is 5.02 Å². The fraction of sp³-hybridized carbons (Fsp3) is 0.500. The Kier molecular flexibility index (Phi) is 2.54. The van der Waals surface area contributed by atoms with Crippen LogP contribution in [-0.2, 0) is 5.41 Å². The molecule has 1 aliphatic rings. The van der Waals surface area contributed by atoms with Gasteiger partial charge in [0.25, 0.3) is 0 Å². The van der Waals surface area contributed by atoms with Gasteiger partial charge in [-0.1, -0.05) is 30.7 Å². The molecule has 0 bridgehead atoms. The second-order valence-corrected chi connectivity index (χ2v) is 5.01. The molecule has 0 heterocycles. The highest BCUT2D eigenvalue weighted by Crippen LogP contribution is 2.40. The zero-order chi connectivity index (χ0) is 10.2. The molecule has 1 saturated carbocycles. The highest BCUT2D eigenvalue weighted by Gasteiger charge is 2.34. The molecule has 14 heavy (non-hydrogen) atoms. The van der Waals surface area contributed by atoms with Crippen LogP contribution in [-0.4, -0.2) is 6.04 Å². The van der Waals surface area contributed by atoms with Crippen LogP contribution < -0.4 is 5.73 Å². The van der Waals surface area contributed by atoms with E-state index in [-0.39, 0.29) is 5.41 Å². The van der Waals surface area contributed by atoms with E-state index in [1.807, 2.05) is 12.1 Å². The summed E-state index contributed by atoms with van der Waals surface area (Å²) in [5.41, 5.74) is 7.52. The number of nitrogens with two attached hydrogens (primary N) is 1. The summed E-state index contributed by atoms with van der Waals surface area (Å²) in [6, 6.07) is 8.53. The minimum Gasteiger partial charge on any atom is -0.328 e. The van der Waals surface area contributed by atoms with Gasteiger partial charge in [-0.3, -0.25) is 0 Å².